The van der Waals surface area contributed by atoms with Crippen LogP contribution in [0.4, 0.5) is 24.5 Å². The number of nitrogens with zero attached hydrogens (tertiary/aromatic N) is 4. The average molecular weight is 461 g/mol. The molecule has 8 nitrogen and oxygen atoms in total. The Hall–Kier alpha value is -3.65. The molecule has 1 aliphatic heterocycles. The molecule has 0 atom stereocenters. The quantitative estimate of drug-likeness (QED) is 0.499. The van der Waals surface area contributed by atoms with E-state index in [1.165, 1.54) is 0 Å². The van der Waals surface area contributed by atoms with Gasteiger partial charge < -0.3 is 10.2 Å². The number of alkyl halides is 3. The number of benzene rings is 2. The number of carbonyl (C=O) groups excluding carboxylic acids is 1. The molecule has 1 amide bonds. The van der Waals surface area contributed by atoms with Gasteiger partial charge in [-0.2, -0.15) is 18.4 Å². The molecule has 1 heterocycles. The summed E-state index contributed by atoms with van der Waals surface area (Å²) in [6.45, 7) is 3.22. The summed E-state index contributed by atoms with van der Waals surface area (Å²) in [4.78, 5) is 26.7. The number of nitrogens with one attached hydrogen (secondary N) is 1. The second-order valence-corrected chi connectivity index (χ2v) is 7.63. The Morgan fingerprint density at radius 1 is 1.12 bits per heavy atom. The molecule has 1 N–H and O–H groups in total. The molecule has 3 rings (SSSR count). The maximum atomic E-state index is 12.8. The van der Waals surface area contributed by atoms with E-state index in [2.05, 4.69) is 16.3 Å². The Morgan fingerprint density at radius 2 is 1.79 bits per heavy atom. The first-order valence-corrected chi connectivity index (χ1v) is 10.3. The van der Waals surface area contributed by atoms with Gasteiger partial charge >= 0.3 is 6.18 Å². The molecule has 174 valence electrons. The zero-order chi connectivity index (χ0) is 24.0. The highest BCUT2D eigenvalue weighted by molar-refractivity contribution is 5.77. The average Bonchev–Trinajstić information content (AvgIpc) is 2.79. The predicted molar refractivity (Wildman–Crippen MR) is 114 cm³/mol. The zero-order valence-electron chi connectivity index (χ0n) is 17.6. The lowest BCUT2D eigenvalue weighted by atomic mass is 10.1. The number of nitro groups is 1. The molecule has 0 bridgehead atoms. The third-order valence-corrected chi connectivity index (χ3v) is 5.39. The van der Waals surface area contributed by atoms with Crippen LogP contribution in [0, 0.1) is 21.4 Å². The lowest BCUT2D eigenvalue weighted by molar-refractivity contribution is -0.384. The fraction of sp³-hybridized carbons (Fsp3) is 0.364. The van der Waals surface area contributed by atoms with Crippen molar-refractivity contribution in [1.82, 2.24) is 9.80 Å². The van der Waals surface area contributed by atoms with Gasteiger partial charge in [-0.25, -0.2) is 0 Å². The summed E-state index contributed by atoms with van der Waals surface area (Å²) < 4.78 is 38.4. The lowest BCUT2D eigenvalue weighted by Crippen LogP contribution is -2.48. The molecule has 1 saturated heterocycles. The largest absolute Gasteiger partial charge is 0.416 e. The number of rotatable bonds is 7. The minimum Gasteiger partial charge on any atom is -0.379 e. The predicted octanol–water partition coefficient (Wildman–Crippen LogP) is 3.63. The van der Waals surface area contributed by atoms with Crippen molar-refractivity contribution in [2.45, 2.75) is 19.1 Å². The van der Waals surface area contributed by atoms with E-state index in [9.17, 15) is 28.1 Å². The van der Waals surface area contributed by atoms with Gasteiger partial charge in [0.15, 0.2) is 0 Å². The van der Waals surface area contributed by atoms with Gasteiger partial charge in [-0.15, -0.1) is 0 Å². The maximum Gasteiger partial charge on any atom is 0.416 e. The second kappa shape index (κ2) is 10.3. The molecular formula is C22H22F3N5O3. The van der Waals surface area contributed by atoms with Gasteiger partial charge in [0.25, 0.3) is 5.69 Å². The van der Waals surface area contributed by atoms with Crippen LogP contribution in [-0.2, 0) is 17.5 Å². The Balaban J connectivity index is 1.47. The van der Waals surface area contributed by atoms with Gasteiger partial charge in [0.05, 0.1) is 22.1 Å². The summed E-state index contributed by atoms with van der Waals surface area (Å²) in [6.07, 6.45) is -4.62. The molecule has 1 aliphatic rings. The highest BCUT2D eigenvalue weighted by atomic mass is 19.4. The Bertz CT molecular complexity index is 1040. The summed E-state index contributed by atoms with van der Waals surface area (Å²) in [7, 11) is 0. The molecule has 33 heavy (non-hydrogen) atoms. The van der Waals surface area contributed by atoms with E-state index < -0.39 is 22.4 Å². The van der Waals surface area contributed by atoms with Crippen molar-refractivity contribution < 1.29 is 22.9 Å². The first-order valence-electron chi connectivity index (χ1n) is 10.3. The summed E-state index contributed by atoms with van der Waals surface area (Å²) in [5, 5.41) is 22.7. The van der Waals surface area contributed by atoms with E-state index in [-0.39, 0.29) is 24.6 Å². The fourth-order valence-corrected chi connectivity index (χ4v) is 3.57. The highest BCUT2D eigenvalue weighted by Crippen LogP contribution is 2.34. The van der Waals surface area contributed by atoms with Crippen LogP contribution in [-0.4, -0.2) is 53.4 Å². The first-order chi connectivity index (χ1) is 15.7. The van der Waals surface area contributed by atoms with E-state index in [0.717, 1.165) is 17.7 Å². The molecular weight excluding hydrogens is 439 g/mol. The van der Waals surface area contributed by atoms with Gasteiger partial charge in [0.2, 0.25) is 5.91 Å². The highest BCUT2D eigenvalue weighted by Gasteiger charge is 2.33. The Morgan fingerprint density at radius 3 is 2.36 bits per heavy atom. The van der Waals surface area contributed by atoms with Crippen molar-refractivity contribution in [2.75, 3.05) is 38.0 Å². The number of hydrogen-bond acceptors (Lipinski definition) is 6. The van der Waals surface area contributed by atoms with E-state index in [1.54, 1.807) is 17.0 Å². The minimum absolute atomic E-state index is 0.0620. The van der Waals surface area contributed by atoms with Crippen LogP contribution in [0.3, 0.4) is 0 Å². The maximum absolute atomic E-state index is 12.8. The van der Waals surface area contributed by atoms with Gasteiger partial charge in [0.1, 0.15) is 5.69 Å². The van der Waals surface area contributed by atoms with Crippen molar-refractivity contribution in [3.05, 3.63) is 69.3 Å². The smallest absolute Gasteiger partial charge is 0.379 e. The lowest BCUT2D eigenvalue weighted by Gasteiger charge is -2.34. The molecule has 0 unspecified atom stereocenters. The molecule has 1 fully saturated rings. The van der Waals surface area contributed by atoms with Crippen LogP contribution in [0.5, 0.6) is 0 Å². The molecule has 0 saturated carbocycles. The standard InChI is InChI=1S/C22H22F3N5O3/c23-22(24,25)18-5-6-19(20(13-18)30(32)33)27-8-7-21(31)29-11-9-28(10-12-29)15-17-3-1-16(14-26)2-4-17/h1-6,13,27H,7-12,15H2. The van der Waals surface area contributed by atoms with Gasteiger partial charge in [-0.1, -0.05) is 12.1 Å². The van der Waals surface area contributed by atoms with Crippen LogP contribution in [0.2, 0.25) is 0 Å². The normalized spacial score (nSPS) is 14.5. The summed E-state index contributed by atoms with van der Waals surface area (Å²) >= 11 is 0. The van der Waals surface area contributed by atoms with Crippen LogP contribution in [0.15, 0.2) is 42.5 Å². The topological polar surface area (TPSA) is 103 Å². The Labute approximate surface area is 188 Å². The van der Waals surface area contributed by atoms with E-state index in [0.29, 0.717) is 44.4 Å². The van der Waals surface area contributed by atoms with E-state index >= 15 is 0 Å². The minimum atomic E-state index is -4.68. The zero-order valence-corrected chi connectivity index (χ0v) is 17.6. The first kappa shape index (κ1) is 24.0. The number of nitro benzene ring substituents is 1. The molecule has 0 spiro atoms. The monoisotopic (exact) mass is 461 g/mol. The third kappa shape index (κ3) is 6.43. The number of carbonyl (C=O) groups is 1. The van der Waals surface area contributed by atoms with Crippen molar-refractivity contribution >= 4 is 17.3 Å². The van der Waals surface area contributed by atoms with Gasteiger partial charge in [0, 0.05) is 51.8 Å². The summed E-state index contributed by atoms with van der Waals surface area (Å²) in [5.74, 6) is -0.130. The molecule has 11 heteroatoms. The van der Waals surface area contributed by atoms with Gasteiger partial charge in [-0.05, 0) is 29.8 Å². The van der Waals surface area contributed by atoms with Crippen molar-refractivity contribution in [3.8, 4) is 6.07 Å². The molecule has 0 aliphatic carbocycles. The van der Waals surface area contributed by atoms with Crippen molar-refractivity contribution in [2.24, 2.45) is 0 Å². The molecule has 0 aromatic heterocycles. The number of halogens is 3. The van der Waals surface area contributed by atoms with Crippen molar-refractivity contribution in [3.63, 3.8) is 0 Å². The van der Waals surface area contributed by atoms with E-state index in [4.69, 9.17) is 5.26 Å². The molecule has 2 aromatic carbocycles. The SMILES string of the molecule is N#Cc1ccc(CN2CCN(C(=O)CCNc3ccc(C(F)(F)F)cc3[N+](=O)[O-])CC2)cc1. The molecule has 0 radical (unpaired) electrons. The number of hydrogen-bond donors (Lipinski definition) is 1. The summed E-state index contributed by atoms with van der Waals surface area (Å²) in [5.41, 5.74) is -0.169. The third-order valence-electron chi connectivity index (χ3n) is 5.39. The number of piperazine rings is 1. The van der Waals surface area contributed by atoms with Crippen LogP contribution >= 0.6 is 0 Å². The van der Waals surface area contributed by atoms with Crippen molar-refractivity contribution in [1.29, 1.82) is 5.26 Å². The van der Waals surface area contributed by atoms with Gasteiger partial charge in [-0.3, -0.25) is 19.8 Å². The van der Waals surface area contributed by atoms with E-state index in [1.807, 2.05) is 12.1 Å². The Kier molecular flexibility index (Phi) is 7.50. The number of nitriles is 1. The summed E-state index contributed by atoms with van der Waals surface area (Å²) in [6, 6.07) is 11.7. The number of amides is 1. The molecule has 2 aromatic rings. The van der Waals surface area contributed by atoms with Crippen LogP contribution in [0.1, 0.15) is 23.1 Å². The fourth-order valence-electron chi connectivity index (χ4n) is 3.57. The number of anilines is 1. The second-order valence-electron chi connectivity index (χ2n) is 7.63. The van der Waals surface area contributed by atoms with Crippen LogP contribution in [0.25, 0.3) is 0 Å². The van der Waals surface area contributed by atoms with Crippen LogP contribution < -0.4 is 5.32 Å².